The Morgan fingerprint density at radius 3 is 2.48 bits per heavy atom. The van der Waals surface area contributed by atoms with Crippen LogP contribution in [0.4, 0.5) is 5.69 Å². The fourth-order valence-electron chi connectivity index (χ4n) is 2.10. The van der Waals surface area contributed by atoms with E-state index in [1.807, 2.05) is 0 Å². The molecule has 0 aromatic heterocycles. The second-order valence-electron chi connectivity index (χ2n) is 5.48. The van der Waals surface area contributed by atoms with Crippen molar-refractivity contribution < 1.29 is 18.1 Å². The van der Waals surface area contributed by atoms with Crippen LogP contribution < -0.4 is 4.72 Å². The van der Waals surface area contributed by atoms with E-state index in [1.165, 1.54) is 47.4 Å². The molecule has 0 unspecified atom stereocenters. The van der Waals surface area contributed by atoms with Crippen molar-refractivity contribution in [1.82, 2.24) is 9.62 Å². The number of carbonyl (C=O) groups is 1. The van der Waals surface area contributed by atoms with Crippen LogP contribution >= 0.6 is 0 Å². The lowest BCUT2D eigenvalue weighted by Crippen LogP contribution is -2.25. The van der Waals surface area contributed by atoms with Crippen LogP contribution in [0.15, 0.2) is 53.4 Å². The van der Waals surface area contributed by atoms with E-state index in [-0.39, 0.29) is 28.6 Å². The quantitative estimate of drug-likeness (QED) is 0.621. The van der Waals surface area contributed by atoms with Gasteiger partial charge in [-0.15, -0.1) is 0 Å². The molecule has 0 aliphatic heterocycles. The topological polar surface area (TPSA) is 110 Å². The van der Waals surface area contributed by atoms with Gasteiger partial charge in [0.2, 0.25) is 10.0 Å². The smallest absolute Gasteiger partial charge is 0.269 e. The normalized spacial score (nSPS) is 11.1. The molecule has 0 radical (unpaired) electrons. The van der Waals surface area contributed by atoms with Crippen molar-refractivity contribution in [3.05, 3.63) is 69.8 Å². The first-order valence-corrected chi connectivity index (χ1v) is 8.74. The highest BCUT2D eigenvalue weighted by molar-refractivity contribution is 7.89. The average molecular weight is 363 g/mol. The van der Waals surface area contributed by atoms with Gasteiger partial charge in [-0.25, -0.2) is 13.1 Å². The van der Waals surface area contributed by atoms with Gasteiger partial charge in [-0.05, 0) is 23.8 Å². The zero-order chi connectivity index (χ0) is 18.6. The summed E-state index contributed by atoms with van der Waals surface area (Å²) in [4.78, 5) is 23.5. The highest BCUT2D eigenvalue weighted by Gasteiger charge is 2.17. The molecule has 0 aliphatic carbocycles. The lowest BCUT2D eigenvalue weighted by Gasteiger charge is -2.12. The molecule has 0 bridgehead atoms. The van der Waals surface area contributed by atoms with Crippen LogP contribution in [0.1, 0.15) is 15.9 Å². The maximum atomic E-state index is 12.4. The average Bonchev–Trinajstić information content (AvgIpc) is 2.59. The number of rotatable bonds is 6. The highest BCUT2D eigenvalue weighted by atomic mass is 32.2. The number of carbonyl (C=O) groups excluding carboxylic acids is 1. The molecule has 2 aromatic rings. The van der Waals surface area contributed by atoms with E-state index in [0.717, 1.165) is 0 Å². The Bertz CT molecular complexity index is 909. The van der Waals surface area contributed by atoms with Crippen LogP contribution in [0.5, 0.6) is 0 Å². The van der Waals surface area contributed by atoms with Crippen LogP contribution in [0, 0.1) is 10.1 Å². The Morgan fingerprint density at radius 2 is 1.84 bits per heavy atom. The summed E-state index contributed by atoms with van der Waals surface area (Å²) >= 11 is 0. The molecule has 0 atom stereocenters. The summed E-state index contributed by atoms with van der Waals surface area (Å²) in [6, 6.07) is 11.4. The molecule has 1 amide bonds. The monoisotopic (exact) mass is 363 g/mol. The van der Waals surface area contributed by atoms with Crippen LogP contribution in [0.2, 0.25) is 0 Å². The molecule has 0 heterocycles. The molecule has 2 rings (SSSR count). The highest BCUT2D eigenvalue weighted by Crippen LogP contribution is 2.16. The Morgan fingerprint density at radius 1 is 1.16 bits per heavy atom. The third-order valence-electron chi connectivity index (χ3n) is 3.39. The van der Waals surface area contributed by atoms with Gasteiger partial charge in [-0.2, -0.15) is 0 Å². The van der Waals surface area contributed by atoms with Gasteiger partial charge in [0.25, 0.3) is 11.6 Å². The molecule has 8 nitrogen and oxygen atoms in total. The van der Waals surface area contributed by atoms with Crippen LogP contribution in [0.25, 0.3) is 0 Å². The number of hydrogen-bond acceptors (Lipinski definition) is 5. The fourth-order valence-corrected chi connectivity index (χ4v) is 3.16. The van der Waals surface area contributed by atoms with Crippen LogP contribution in [-0.4, -0.2) is 38.2 Å². The van der Waals surface area contributed by atoms with Crippen molar-refractivity contribution in [2.24, 2.45) is 0 Å². The molecule has 0 saturated heterocycles. The van der Waals surface area contributed by atoms with Gasteiger partial charge in [-0.3, -0.25) is 14.9 Å². The lowest BCUT2D eigenvalue weighted by molar-refractivity contribution is -0.384. The first-order chi connectivity index (χ1) is 11.7. The number of amides is 1. The van der Waals surface area contributed by atoms with E-state index in [4.69, 9.17) is 0 Å². The SMILES string of the molecule is CN(C)C(=O)c1cccc(S(=O)(=O)NCc2cccc([N+](=O)[O-])c2)c1. The number of nitro benzene ring substituents is 1. The maximum Gasteiger partial charge on any atom is 0.269 e. The van der Waals surface area contributed by atoms with Gasteiger partial charge in [0.15, 0.2) is 0 Å². The fraction of sp³-hybridized carbons (Fsp3) is 0.188. The molecule has 1 N–H and O–H groups in total. The molecule has 0 saturated carbocycles. The summed E-state index contributed by atoms with van der Waals surface area (Å²) in [7, 11) is -0.717. The third kappa shape index (κ3) is 4.61. The summed E-state index contributed by atoms with van der Waals surface area (Å²) < 4.78 is 27.2. The molecule has 9 heteroatoms. The zero-order valence-corrected chi connectivity index (χ0v) is 14.5. The lowest BCUT2D eigenvalue weighted by atomic mass is 10.2. The molecule has 2 aromatic carbocycles. The third-order valence-corrected chi connectivity index (χ3v) is 4.78. The molecule has 25 heavy (non-hydrogen) atoms. The van der Waals surface area contributed by atoms with Crippen molar-refractivity contribution in [3.8, 4) is 0 Å². The van der Waals surface area contributed by atoms with E-state index in [1.54, 1.807) is 20.2 Å². The van der Waals surface area contributed by atoms with Gasteiger partial charge in [0.1, 0.15) is 0 Å². The minimum absolute atomic E-state index is 0.0503. The van der Waals surface area contributed by atoms with Gasteiger partial charge in [0, 0.05) is 38.3 Å². The molecular weight excluding hydrogens is 346 g/mol. The minimum atomic E-state index is -3.86. The van der Waals surface area contributed by atoms with E-state index < -0.39 is 14.9 Å². The van der Waals surface area contributed by atoms with Crippen LogP contribution in [-0.2, 0) is 16.6 Å². The van der Waals surface area contributed by atoms with E-state index in [0.29, 0.717) is 5.56 Å². The Labute approximate surface area is 145 Å². The Balaban J connectivity index is 2.20. The zero-order valence-electron chi connectivity index (χ0n) is 13.7. The van der Waals surface area contributed by atoms with Gasteiger partial charge >= 0.3 is 0 Å². The second-order valence-corrected chi connectivity index (χ2v) is 7.25. The van der Waals surface area contributed by atoms with Crippen molar-refractivity contribution in [2.75, 3.05) is 14.1 Å². The predicted octanol–water partition coefficient (Wildman–Crippen LogP) is 1.78. The van der Waals surface area contributed by atoms with Gasteiger partial charge in [0.05, 0.1) is 9.82 Å². The summed E-state index contributed by atoms with van der Waals surface area (Å²) in [5.74, 6) is -0.310. The van der Waals surface area contributed by atoms with E-state index in [9.17, 15) is 23.3 Å². The molecule has 0 spiro atoms. The van der Waals surface area contributed by atoms with Gasteiger partial charge < -0.3 is 4.90 Å². The van der Waals surface area contributed by atoms with Gasteiger partial charge in [-0.1, -0.05) is 18.2 Å². The maximum absolute atomic E-state index is 12.4. The summed E-state index contributed by atoms with van der Waals surface area (Å²) in [5.41, 5.74) is 0.594. The van der Waals surface area contributed by atoms with E-state index >= 15 is 0 Å². The summed E-state index contributed by atoms with van der Waals surface area (Å²) in [6.45, 7) is -0.101. The molecular formula is C16H17N3O5S. The molecule has 132 valence electrons. The number of sulfonamides is 1. The number of benzene rings is 2. The van der Waals surface area contributed by atoms with Crippen molar-refractivity contribution >= 4 is 21.6 Å². The predicted molar refractivity (Wildman–Crippen MR) is 91.6 cm³/mol. The number of hydrogen-bond donors (Lipinski definition) is 1. The minimum Gasteiger partial charge on any atom is -0.345 e. The first kappa shape index (κ1) is 18.6. The molecule has 0 aliphatic rings. The van der Waals surface area contributed by atoms with E-state index in [2.05, 4.69) is 4.72 Å². The van der Waals surface area contributed by atoms with Crippen molar-refractivity contribution in [1.29, 1.82) is 0 Å². The number of nitrogens with one attached hydrogen (secondary N) is 1. The Hall–Kier alpha value is -2.78. The number of nitro groups is 1. The largest absolute Gasteiger partial charge is 0.345 e. The van der Waals surface area contributed by atoms with Crippen molar-refractivity contribution in [2.45, 2.75) is 11.4 Å². The second kappa shape index (κ2) is 7.41. The number of non-ortho nitro benzene ring substituents is 1. The Kier molecular flexibility index (Phi) is 5.50. The number of nitrogens with zero attached hydrogens (tertiary/aromatic N) is 2. The first-order valence-electron chi connectivity index (χ1n) is 7.25. The standard InChI is InChI=1S/C16H17N3O5S/c1-18(2)16(20)13-6-4-8-15(10-13)25(23,24)17-11-12-5-3-7-14(9-12)19(21)22/h3-10,17H,11H2,1-2H3. The van der Waals surface area contributed by atoms with Crippen LogP contribution in [0.3, 0.4) is 0 Å². The van der Waals surface area contributed by atoms with Crippen molar-refractivity contribution in [3.63, 3.8) is 0 Å². The summed E-state index contributed by atoms with van der Waals surface area (Å²) in [6.07, 6.45) is 0. The molecule has 0 fully saturated rings. The summed E-state index contributed by atoms with van der Waals surface area (Å²) in [5, 5.41) is 10.8.